The highest BCUT2D eigenvalue weighted by molar-refractivity contribution is 6.99. The SMILES string of the molecule is CC(C)(C)[Si](OCC#CC(O)CCC[C@@H]1OCCC[C@H]1O)(c1ccccc1)c1ccccc1. The molecular weight excluding hydrogens is 428 g/mol. The van der Waals surface area contributed by atoms with Gasteiger partial charge < -0.3 is 19.4 Å². The van der Waals surface area contributed by atoms with Crippen molar-refractivity contribution >= 4 is 18.7 Å². The van der Waals surface area contributed by atoms with Crippen molar-refractivity contribution in [1.82, 2.24) is 0 Å². The first kappa shape index (κ1) is 25.7. The molecule has 1 heterocycles. The zero-order valence-electron chi connectivity index (χ0n) is 20.2. The van der Waals surface area contributed by atoms with Crippen LogP contribution in [-0.2, 0) is 9.16 Å². The molecule has 2 N–H and O–H groups in total. The third-order valence-corrected chi connectivity index (χ3v) is 11.4. The Balaban J connectivity index is 1.67. The highest BCUT2D eigenvalue weighted by Gasteiger charge is 2.49. The quantitative estimate of drug-likeness (QED) is 0.461. The minimum absolute atomic E-state index is 0.100. The van der Waals surface area contributed by atoms with Gasteiger partial charge in [-0.25, -0.2) is 0 Å². The first-order chi connectivity index (χ1) is 15.8. The van der Waals surface area contributed by atoms with Crippen LogP contribution in [0.3, 0.4) is 0 Å². The van der Waals surface area contributed by atoms with Gasteiger partial charge in [0.2, 0.25) is 0 Å². The maximum Gasteiger partial charge on any atom is 0.262 e. The first-order valence-corrected chi connectivity index (χ1v) is 14.0. The Morgan fingerprint density at radius 3 is 2.21 bits per heavy atom. The van der Waals surface area contributed by atoms with Gasteiger partial charge in [-0.2, -0.15) is 0 Å². The molecule has 0 spiro atoms. The molecule has 5 heteroatoms. The van der Waals surface area contributed by atoms with Crippen LogP contribution in [0.1, 0.15) is 52.9 Å². The average Bonchev–Trinajstić information content (AvgIpc) is 2.81. The lowest BCUT2D eigenvalue weighted by Crippen LogP contribution is -2.66. The molecule has 0 aliphatic carbocycles. The summed E-state index contributed by atoms with van der Waals surface area (Å²) in [4.78, 5) is 0. The molecule has 4 nitrogen and oxygen atoms in total. The molecule has 1 saturated heterocycles. The van der Waals surface area contributed by atoms with Gasteiger partial charge in [0.15, 0.2) is 0 Å². The predicted molar refractivity (Wildman–Crippen MR) is 136 cm³/mol. The van der Waals surface area contributed by atoms with Crippen molar-refractivity contribution in [2.24, 2.45) is 0 Å². The fourth-order valence-corrected chi connectivity index (χ4v) is 9.19. The van der Waals surface area contributed by atoms with Gasteiger partial charge >= 0.3 is 0 Å². The van der Waals surface area contributed by atoms with Crippen LogP contribution >= 0.6 is 0 Å². The van der Waals surface area contributed by atoms with E-state index < -0.39 is 14.4 Å². The number of aliphatic hydroxyl groups is 2. The summed E-state index contributed by atoms with van der Waals surface area (Å²) in [6.07, 6.45) is 2.60. The van der Waals surface area contributed by atoms with E-state index in [9.17, 15) is 10.2 Å². The Hall–Kier alpha value is -1.94. The van der Waals surface area contributed by atoms with Gasteiger partial charge in [0, 0.05) is 6.61 Å². The van der Waals surface area contributed by atoms with Crippen LogP contribution < -0.4 is 10.4 Å². The summed E-state index contributed by atoms with van der Waals surface area (Å²) in [5.74, 6) is 6.04. The molecule has 3 rings (SSSR count). The molecule has 178 valence electrons. The molecule has 2 aromatic rings. The van der Waals surface area contributed by atoms with E-state index in [1.165, 1.54) is 10.4 Å². The van der Waals surface area contributed by atoms with Gasteiger partial charge in [-0.15, -0.1) is 0 Å². The van der Waals surface area contributed by atoms with Crippen molar-refractivity contribution in [3.05, 3.63) is 60.7 Å². The number of benzene rings is 2. The second kappa shape index (κ2) is 12.0. The van der Waals surface area contributed by atoms with Gasteiger partial charge in [0.25, 0.3) is 8.32 Å². The molecule has 33 heavy (non-hydrogen) atoms. The monoisotopic (exact) mass is 466 g/mol. The van der Waals surface area contributed by atoms with E-state index in [0.717, 1.165) is 25.7 Å². The summed E-state index contributed by atoms with van der Waals surface area (Å²) in [5.41, 5.74) is 0. The number of aliphatic hydroxyl groups excluding tert-OH is 2. The molecule has 0 bridgehead atoms. The van der Waals surface area contributed by atoms with Crippen molar-refractivity contribution < 1.29 is 19.4 Å². The molecule has 1 aliphatic heterocycles. The summed E-state index contributed by atoms with van der Waals surface area (Å²) in [6, 6.07) is 21.0. The lowest BCUT2D eigenvalue weighted by Gasteiger charge is -2.42. The molecule has 2 aromatic carbocycles. The van der Waals surface area contributed by atoms with Crippen molar-refractivity contribution in [1.29, 1.82) is 0 Å². The van der Waals surface area contributed by atoms with E-state index in [1.807, 2.05) is 12.1 Å². The fraction of sp³-hybridized carbons (Fsp3) is 0.500. The first-order valence-electron chi connectivity index (χ1n) is 12.1. The summed E-state index contributed by atoms with van der Waals surface area (Å²) in [5, 5.41) is 22.7. The molecular formula is C28H38O4Si. The molecule has 3 atom stereocenters. The maximum atomic E-state index is 10.3. The van der Waals surface area contributed by atoms with Crippen LogP contribution in [0.5, 0.6) is 0 Å². The normalized spacial score (nSPS) is 20.0. The second-order valence-electron chi connectivity index (χ2n) is 9.84. The third kappa shape index (κ3) is 6.56. The molecule has 0 aromatic heterocycles. The molecule has 0 amide bonds. The Kier molecular flexibility index (Phi) is 9.31. The predicted octanol–water partition coefficient (Wildman–Crippen LogP) is 3.64. The minimum atomic E-state index is -2.61. The largest absolute Gasteiger partial charge is 0.396 e. The lowest BCUT2D eigenvalue weighted by atomic mass is 9.99. The van der Waals surface area contributed by atoms with Gasteiger partial charge in [-0.3, -0.25) is 0 Å². The highest BCUT2D eigenvalue weighted by Crippen LogP contribution is 2.36. The summed E-state index contributed by atoms with van der Waals surface area (Å²) < 4.78 is 12.4. The van der Waals surface area contributed by atoms with Crippen molar-refractivity contribution in [2.45, 2.75) is 76.2 Å². The van der Waals surface area contributed by atoms with Crippen LogP contribution in [0, 0.1) is 11.8 Å². The Labute approximate surface area is 200 Å². The number of rotatable bonds is 8. The topological polar surface area (TPSA) is 58.9 Å². The van der Waals surface area contributed by atoms with Gasteiger partial charge in [0.1, 0.15) is 6.10 Å². The standard InChI is InChI=1S/C28H38O4Si/c1-28(2,3)33(24-15-6-4-7-16-24,25-17-8-5-9-18-25)32-22-11-14-23(29)13-10-20-27-26(30)19-12-21-31-27/h4-9,15-18,23,26-27,29-30H,10,12-13,19-22H2,1-3H3/t23?,26-,27+/m1/s1. The van der Waals surface area contributed by atoms with E-state index in [2.05, 4.69) is 81.1 Å². The molecule has 0 saturated carbocycles. The third-order valence-electron chi connectivity index (χ3n) is 6.42. The Morgan fingerprint density at radius 2 is 1.67 bits per heavy atom. The Morgan fingerprint density at radius 1 is 1.06 bits per heavy atom. The van der Waals surface area contributed by atoms with Gasteiger partial charge in [-0.1, -0.05) is 93.3 Å². The van der Waals surface area contributed by atoms with Gasteiger partial charge in [-0.05, 0) is 47.5 Å². The zero-order valence-corrected chi connectivity index (χ0v) is 21.2. The summed E-state index contributed by atoms with van der Waals surface area (Å²) in [7, 11) is -2.61. The smallest absolute Gasteiger partial charge is 0.262 e. The van der Waals surface area contributed by atoms with Crippen molar-refractivity contribution in [2.75, 3.05) is 13.2 Å². The summed E-state index contributed by atoms with van der Waals surface area (Å²) in [6.45, 7) is 7.70. The van der Waals surface area contributed by atoms with Crippen molar-refractivity contribution in [3.63, 3.8) is 0 Å². The van der Waals surface area contributed by atoms with E-state index in [1.54, 1.807) is 0 Å². The Bertz CT molecular complexity index is 859. The van der Waals surface area contributed by atoms with E-state index in [0.29, 0.717) is 13.0 Å². The van der Waals surface area contributed by atoms with E-state index >= 15 is 0 Å². The van der Waals surface area contributed by atoms with Crippen LogP contribution in [0.15, 0.2) is 60.7 Å². The van der Waals surface area contributed by atoms with Crippen LogP contribution in [-0.4, -0.2) is 50.1 Å². The molecule has 1 aliphatic rings. The van der Waals surface area contributed by atoms with E-state index in [-0.39, 0.29) is 23.9 Å². The molecule has 1 unspecified atom stereocenters. The van der Waals surface area contributed by atoms with E-state index in [4.69, 9.17) is 9.16 Å². The van der Waals surface area contributed by atoms with Crippen LogP contribution in [0.4, 0.5) is 0 Å². The number of hydrogen-bond donors (Lipinski definition) is 2. The number of ether oxygens (including phenoxy) is 1. The number of hydrogen-bond acceptors (Lipinski definition) is 4. The average molecular weight is 467 g/mol. The maximum absolute atomic E-state index is 10.3. The fourth-order valence-electron chi connectivity index (χ4n) is 4.75. The van der Waals surface area contributed by atoms with Crippen molar-refractivity contribution in [3.8, 4) is 11.8 Å². The summed E-state index contributed by atoms with van der Waals surface area (Å²) >= 11 is 0. The van der Waals surface area contributed by atoms with Gasteiger partial charge in [0.05, 0.1) is 18.8 Å². The lowest BCUT2D eigenvalue weighted by molar-refractivity contribution is -0.0780. The highest BCUT2D eigenvalue weighted by atomic mass is 28.4. The second-order valence-corrected chi connectivity index (χ2v) is 14.1. The van der Waals surface area contributed by atoms with Crippen LogP contribution in [0.2, 0.25) is 5.04 Å². The molecule has 1 fully saturated rings. The zero-order chi connectivity index (χ0) is 23.7. The van der Waals surface area contributed by atoms with Crippen LogP contribution in [0.25, 0.3) is 0 Å². The molecule has 0 radical (unpaired) electrons. The minimum Gasteiger partial charge on any atom is -0.396 e.